The van der Waals surface area contributed by atoms with Crippen molar-refractivity contribution in [3.63, 3.8) is 0 Å². The van der Waals surface area contributed by atoms with Crippen molar-refractivity contribution >= 4 is 33.1 Å². The number of imidazole rings is 1. The maximum Gasteiger partial charge on any atom is 0.416 e. The van der Waals surface area contributed by atoms with Crippen molar-refractivity contribution in [1.29, 1.82) is 5.26 Å². The lowest BCUT2D eigenvalue weighted by Crippen LogP contribution is -2.34. The molecule has 0 saturated heterocycles. The average molecular weight is 495 g/mol. The second-order valence-electron chi connectivity index (χ2n) is 7.06. The van der Waals surface area contributed by atoms with E-state index in [9.17, 15) is 23.2 Å². The molecule has 0 fully saturated rings. The van der Waals surface area contributed by atoms with E-state index in [0.29, 0.717) is 0 Å². The third-order valence-electron chi connectivity index (χ3n) is 4.36. The first-order chi connectivity index (χ1) is 14.6. The zero-order valence-electron chi connectivity index (χ0n) is 16.7. The molecule has 6 nitrogen and oxygen atoms in total. The van der Waals surface area contributed by atoms with Gasteiger partial charge in [-0.05, 0) is 47.5 Å². The third-order valence-corrected chi connectivity index (χ3v) is 4.96. The van der Waals surface area contributed by atoms with Crippen molar-refractivity contribution in [2.75, 3.05) is 0 Å². The number of amides is 1. The molecule has 1 amide bonds. The van der Waals surface area contributed by atoms with Gasteiger partial charge in [0.15, 0.2) is 0 Å². The molecule has 0 bridgehead atoms. The minimum atomic E-state index is -4.58. The summed E-state index contributed by atoms with van der Waals surface area (Å²) in [5, 5.41) is 9.52. The number of fused-ring (bicyclic) bond motifs is 1. The number of carbonyl (C=O) groups excluding carboxylic acids is 1. The van der Waals surface area contributed by atoms with Crippen LogP contribution in [0.4, 0.5) is 18.0 Å². The van der Waals surface area contributed by atoms with E-state index in [1.54, 1.807) is 26.0 Å². The van der Waals surface area contributed by atoms with E-state index in [2.05, 4.69) is 20.9 Å². The molecular formula is C21H18BrF3N4O2. The van der Waals surface area contributed by atoms with Gasteiger partial charge in [-0.3, -0.25) is 9.47 Å². The lowest BCUT2D eigenvalue weighted by atomic mass is 10.2. The Hall–Kier alpha value is -3.06. The lowest BCUT2D eigenvalue weighted by molar-refractivity contribution is -0.137. The maximum atomic E-state index is 13.3. The van der Waals surface area contributed by atoms with Crippen LogP contribution >= 0.6 is 15.9 Å². The van der Waals surface area contributed by atoms with Crippen molar-refractivity contribution in [1.82, 2.24) is 14.5 Å². The van der Waals surface area contributed by atoms with Crippen molar-refractivity contribution < 1.29 is 22.7 Å². The molecule has 0 saturated carbocycles. The van der Waals surface area contributed by atoms with Crippen LogP contribution in [0.2, 0.25) is 0 Å². The standard InChI is InChI=1S/C21H18BrF3N4O2/c1-13(2)31-20(30)28(11-14-6-4-3-5-7-14)12-29-17-9-15(21(23,24)25)8-16(22)19(17)27-18(29)10-26/h3-9,13H,11-12H2,1-2H3. The summed E-state index contributed by atoms with van der Waals surface area (Å²) in [6.07, 6.45) is -5.64. The van der Waals surface area contributed by atoms with E-state index < -0.39 is 23.9 Å². The molecule has 0 N–H and O–H groups in total. The summed E-state index contributed by atoms with van der Waals surface area (Å²) in [5.74, 6) is -0.120. The van der Waals surface area contributed by atoms with Crippen LogP contribution in [0, 0.1) is 11.3 Å². The summed E-state index contributed by atoms with van der Waals surface area (Å²) in [4.78, 5) is 18.2. The SMILES string of the molecule is CC(C)OC(=O)N(Cc1ccccc1)Cn1c(C#N)nc2c(Br)cc(C(F)(F)F)cc21. The largest absolute Gasteiger partial charge is 0.447 e. The summed E-state index contributed by atoms with van der Waals surface area (Å²) in [7, 11) is 0. The van der Waals surface area contributed by atoms with Crippen LogP contribution in [0.3, 0.4) is 0 Å². The maximum absolute atomic E-state index is 13.3. The van der Waals surface area contributed by atoms with Crippen LogP contribution in [-0.4, -0.2) is 26.6 Å². The van der Waals surface area contributed by atoms with E-state index in [4.69, 9.17) is 4.74 Å². The minimum absolute atomic E-state index is 0.0775. The van der Waals surface area contributed by atoms with E-state index in [1.165, 1.54) is 9.47 Å². The van der Waals surface area contributed by atoms with Crippen molar-refractivity contribution in [2.45, 2.75) is 39.3 Å². The molecule has 31 heavy (non-hydrogen) atoms. The molecule has 0 aliphatic rings. The Labute approximate surface area is 185 Å². The van der Waals surface area contributed by atoms with Crippen LogP contribution in [0.15, 0.2) is 46.9 Å². The molecule has 0 aliphatic carbocycles. The van der Waals surface area contributed by atoms with Gasteiger partial charge in [-0.2, -0.15) is 18.4 Å². The van der Waals surface area contributed by atoms with Gasteiger partial charge >= 0.3 is 12.3 Å². The Kier molecular flexibility index (Phi) is 6.55. The normalized spacial score (nSPS) is 11.5. The van der Waals surface area contributed by atoms with Gasteiger partial charge < -0.3 is 4.74 Å². The number of ether oxygens (including phenoxy) is 1. The summed E-state index contributed by atoms with van der Waals surface area (Å²) < 4.78 is 46.7. The monoisotopic (exact) mass is 494 g/mol. The van der Waals surface area contributed by atoms with Crippen LogP contribution in [-0.2, 0) is 24.1 Å². The quantitative estimate of drug-likeness (QED) is 0.456. The molecule has 10 heteroatoms. The molecule has 0 atom stereocenters. The van der Waals surface area contributed by atoms with Gasteiger partial charge in [0.05, 0.1) is 23.7 Å². The van der Waals surface area contributed by atoms with E-state index >= 15 is 0 Å². The summed E-state index contributed by atoms with van der Waals surface area (Å²) in [6, 6.07) is 12.8. The predicted molar refractivity (Wildman–Crippen MR) is 111 cm³/mol. The lowest BCUT2D eigenvalue weighted by Gasteiger charge is -2.24. The predicted octanol–water partition coefficient (Wildman–Crippen LogP) is 5.69. The Morgan fingerprint density at radius 2 is 1.97 bits per heavy atom. The molecule has 0 aliphatic heterocycles. The van der Waals surface area contributed by atoms with Gasteiger partial charge in [0.25, 0.3) is 0 Å². The number of alkyl halides is 3. The number of nitrogens with zero attached hydrogens (tertiary/aromatic N) is 4. The van der Waals surface area contributed by atoms with Gasteiger partial charge in [-0.1, -0.05) is 30.3 Å². The molecule has 0 unspecified atom stereocenters. The van der Waals surface area contributed by atoms with Crippen LogP contribution in [0.1, 0.15) is 30.8 Å². The molecule has 0 radical (unpaired) electrons. The molecule has 1 aromatic heterocycles. The molecule has 1 heterocycles. The Morgan fingerprint density at radius 3 is 2.55 bits per heavy atom. The highest BCUT2D eigenvalue weighted by Crippen LogP contribution is 2.35. The number of nitriles is 1. The fraction of sp³-hybridized carbons (Fsp3) is 0.286. The highest BCUT2D eigenvalue weighted by atomic mass is 79.9. The van der Waals surface area contributed by atoms with Crippen LogP contribution < -0.4 is 0 Å². The Balaban J connectivity index is 2.09. The highest BCUT2D eigenvalue weighted by Gasteiger charge is 2.32. The first kappa shape index (κ1) is 22.6. The third kappa shape index (κ3) is 5.17. The van der Waals surface area contributed by atoms with Gasteiger partial charge in [-0.15, -0.1) is 0 Å². The smallest absolute Gasteiger partial charge is 0.416 e. The zero-order valence-corrected chi connectivity index (χ0v) is 18.2. The highest BCUT2D eigenvalue weighted by molar-refractivity contribution is 9.10. The first-order valence-electron chi connectivity index (χ1n) is 9.26. The van der Waals surface area contributed by atoms with Gasteiger partial charge in [0.2, 0.25) is 5.82 Å². The number of halogens is 4. The summed E-state index contributed by atoms with van der Waals surface area (Å²) >= 11 is 3.11. The Morgan fingerprint density at radius 1 is 1.29 bits per heavy atom. The number of rotatable bonds is 5. The molecule has 3 rings (SSSR count). The van der Waals surface area contributed by atoms with Crippen molar-refractivity contribution in [2.24, 2.45) is 0 Å². The molecular weight excluding hydrogens is 477 g/mol. The van der Waals surface area contributed by atoms with Gasteiger partial charge in [0, 0.05) is 4.47 Å². The van der Waals surface area contributed by atoms with E-state index in [1.807, 2.05) is 24.3 Å². The van der Waals surface area contributed by atoms with E-state index in [-0.39, 0.29) is 34.5 Å². The number of carbonyl (C=O) groups is 1. The second kappa shape index (κ2) is 8.98. The summed E-state index contributed by atoms with van der Waals surface area (Å²) in [5.41, 5.74) is 0.176. The second-order valence-corrected chi connectivity index (χ2v) is 7.91. The summed E-state index contributed by atoms with van der Waals surface area (Å²) in [6.45, 7) is 3.31. The molecule has 3 aromatic rings. The Bertz CT molecular complexity index is 1140. The van der Waals surface area contributed by atoms with Crippen molar-refractivity contribution in [3.8, 4) is 6.07 Å². The zero-order chi connectivity index (χ0) is 22.8. The van der Waals surface area contributed by atoms with Gasteiger partial charge in [-0.25, -0.2) is 9.78 Å². The number of hydrogen-bond donors (Lipinski definition) is 0. The number of hydrogen-bond acceptors (Lipinski definition) is 4. The molecule has 2 aromatic carbocycles. The minimum Gasteiger partial charge on any atom is -0.447 e. The van der Waals surface area contributed by atoms with Crippen LogP contribution in [0.5, 0.6) is 0 Å². The molecule has 162 valence electrons. The fourth-order valence-electron chi connectivity index (χ4n) is 3.00. The fourth-order valence-corrected chi connectivity index (χ4v) is 3.53. The average Bonchev–Trinajstić information content (AvgIpc) is 3.05. The van der Waals surface area contributed by atoms with Crippen LogP contribution in [0.25, 0.3) is 11.0 Å². The number of benzene rings is 2. The van der Waals surface area contributed by atoms with E-state index in [0.717, 1.165) is 17.7 Å². The molecule has 0 spiro atoms. The topological polar surface area (TPSA) is 71.2 Å². The number of aromatic nitrogens is 2. The van der Waals surface area contributed by atoms with Crippen molar-refractivity contribution in [3.05, 3.63) is 63.9 Å². The first-order valence-corrected chi connectivity index (χ1v) is 10.1. The van der Waals surface area contributed by atoms with Gasteiger partial charge in [0.1, 0.15) is 18.3 Å².